The highest BCUT2D eigenvalue weighted by atomic mass is 35.5. The van der Waals surface area contributed by atoms with Crippen molar-refractivity contribution in [1.82, 2.24) is 10.6 Å². The predicted molar refractivity (Wildman–Crippen MR) is 67.0 cm³/mol. The van der Waals surface area contributed by atoms with Gasteiger partial charge in [0.2, 0.25) is 5.91 Å². The lowest BCUT2D eigenvalue weighted by atomic mass is 9.66. The smallest absolute Gasteiger partial charge is 0.226 e. The first kappa shape index (κ1) is 15.7. The summed E-state index contributed by atoms with van der Waals surface area (Å²) in [6, 6.07) is 0. The molecule has 1 saturated carbocycles. The van der Waals surface area contributed by atoms with Crippen molar-refractivity contribution in [2.24, 2.45) is 5.41 Å². The van der Waals surface area contributed by atoms with E-state index in [1.165, 1.54) is 6.42 Å². The monoisotopic (exact) mass is 250 g/mol. The number of rotatable bonds is 7. The van der Waals surface area contributed by atoms with Gasteiger partial charge in [-0.1, -0.05) is 6.42 Å². The van der Waals surface area contributed by atoms with Gasteiger partial charge in [-0.05, 0) is 26.3 Å². The van der Waals surface area contributed by atoms with Crippen LogP contribution < -0.4 is 10.6 Å². The van der Waals surface area contributed by atoms with E-state index < -0.39 is 0 Å². The number of ether oxygens (including phenoxy) is 1. The van der Waals surface area contributed by atoms with Gasteiger partial charge in [-0.2, -0.15) is 0 Å². The summed E-state index contributed by atoms with van der Waals surface area (Å²) in [5, 5.41) is 5.99. The number of hydrogen-bond donors (Lipinski definition) is 2. The average molecular weight is 251 g/mol. The van der Waals surface area contributed by atoms with Crippen molar-refractivity contribution < 1.29 is 9.53 Å². The molecule has 0 aromatic carbocycles. The van der Waals surface area contributed by atoms with Gasteiger partial charge in [0.15, 0.2) is 0 Å². The molecule has 16 heavy (non-hydrogen) atoms. The molecular formula is C11H23ClN2O2. The van der Waals surface area contributed by atoms with E-state index in [-0.39, 0.29) is 23.7 Å². The molecule has 2 N–H and O–H groups in total. The highest BCUT2D eigenvalue weighted by Crippen LogP contribution is 2.44. The van der Waals surface area contributed by atoms with Crippen LogP contribution in [0.4, 0.5) is 0 Å². The minimum Gasteiger partial charge on any atom is -0.385 e. The van der Waals surface area contributed by atoms with Crippen LogP contribution in [0, 0.1) is 5.41 Å². The Hall–Kier alpha value is -0.320. The minimum atomic E-state index is -0.121. The summed E-state index contributed by atoms with van der Waals surface area (Å²) in [4.78, 5) is 11.9. The van der Waals surface area contributed by atoms with Crippen molar-refractivity contribution in [3.8, 4) is 0 Å². The molecule has 0 spiro atoms. The van der Waals surface area contributed by atoms with Crippen molar-refractivity contribution >= 4 is 18.3 Å². The van der Waals surface area contributed by atoms with Crippen molar-refractivity contribution in [2.45, 2.75) is 25.7 Å². The summed E-state index contributed by atoms with van der Waals surface area (Å²) < 4.78 is 5.06. The fraction of sp³-hybridized carbons (Fsp3) is 0.909. The number of carbonyl (C=O) groups is 1. The molecule has 0 saturated heterocycles. The molecule has 0 unspecified atom stereocenters. The zero-order valence-electron chi connectivity index (χ0n) is 10.2. The first-order valence-electron chi connectivity index (χ1n) is 5.67. The summed E-state index contributed by atoms with van der Waals surface area (Å²) in [5.41, 5.74) is -0.121. The Labute approximate surface area is 104 Å². The number of likely N-dealkylation sites (N-methyl/N-ethyl adjacent to an activating group) is 1. The third-order valence-electron chi connectivity index (χ3n) is 3.24. The number of methoxy groups -OCH3 is 1. The lowest BCUT2D eigenvalue weighted by Gasteiger charge is -2.40. The van der Waals surface area contributed by atoms with Gasteiger partial charge in [-0.3, -0.25) is 4.79 Å². The summed E-state index contributed by atoms with van der Waals surface area (Å²) >= 11 is 0. The molecule has 0 aliphatic heterocycles. The molecule has 0 aromatic rings. The van der Waals surface area contributed by atoms with E-state index in [1.54, 1.807) is 7.11 Å². The van der Waals surface area contributed by atoms with Crippen molar-refractivity contribution in [2.75, 3.05) is 33.9 Å². The van der Waals surface area contributed by atoms with Crippen LogP contribution in [0.25, 0.3) is 0 Å². The predicted octanol–water partition coefficient (Wildman–Crippen LogP) is 0.951. The number of halogens is 1. The molecule has 0 bridgehead atoms. The molecule has 0 radical (unpaired) electrons. The van der Waals surface area contributed by atoms with Gasteiger partial charge in [0.1, 0.15) is 0 Å². The van der Waals surface area contributed by atoms with Crippen LogP contribution in [-0.4, -0.2) is 39.8 Å². The van der Waals surface area contributed by atoms with Crippen LogP contribution in [0.2, 0.25) is 0 Å². The molecule has 0 aromatic heterocycles. The lowest BCUT2D eigenvalue weighted by molar-refractivity contribution is -0.137. The van der Waals surface area contributed by atoms with Crippen LogP contribution in [0.15, 0.2) is 0 Å². The Balaban J connectivity index is 0.00000225. The van der Waals surface area contributed by atoms with Gasteiger partial charge in [0.25, 0.3) is 0 Å². The van der Waals surface area contributed by atoms with Crippen LogP contribution in [-0.2, 0) is 9.53 Å². The van der Waals surface area contributed by atoms with Gasteiger partial charge in [0, 0.05) is 26.8 Å². The van der Waals surface area contributed by atoms with E-state index >= 15 is 0 Å². The topological polar surface area (TPSA) is 50.4 Å². The maximum Gasteiger partial charge on any atom is 0.226 e. The molecule has 1 fully saturated rings. The number of hydrogen-bond acceptors (Lipinski definition) is 3. The van der Waals surface area contributed by atoms with Gasteiger partial charge < -0.3 is 15.4 Å². The summed E-state index contributed by atoms with van der Waals surface area (Å²) in [6.07, 6.45) is 4.06. The lowest BCUT2D eigenvalue weighted by Crippen LogP contribution is -2.47. The molecule has 96 valence electrons. The van der Waals surface area contributed by atoms with Gasteiger partial charge in [-0.15, -0.1) is 12.4 Å². The van der Waals surface area contributed by atoms with Crippen molar-refractivity contribution in [3.63, 3.8) is 0 Å². The van der Waals surface area contributed by atoms with Crippen LogP contribution in [0.5, 0.6) is 0 Å². The molecule has 1 aliphatic carbocycles. The van der Waals surface area contributed by atoms with E-state index in [9.17, 15) is 4.79 Å². The second-order valence-electron chi connectivity index (χ2n) is 4.24. The maximum atomic E-state index is 11.9. The largest absolute Gasteiger partial charge is 0.385 e. The Kier molecular flexibility index (Phi) is 7.72. The highest BCUT2D eigenvalue weighted by Gasteiger charge is 2.43. The zero-order valence-corrected chi connectivity index (χ0v) is 11.0. The first-order chi connectivity index (χ1) is 7.25. The second kappa shape index (κ2) is 7.87. The van der Waals surface area contributed by atoms with E-state index in [0.29, 0.717) is 13.2 Å². The van der Waals surface area contributed by atoms with Crippen LogP contribution in [0.3, 0.4) is 0 Å². The SMILES string of the molecule is CNCCNC(=O)C1(CCOC)CCC1.Cl. The molecular weight excluding hydrogens is 228 g/mol. The fourth-order valence-electron chi connectivity index (χ4n) is 1.98. The zero-order chi connectivity index (χ0) is 11.1. The normalized spacial score (nSPS) is 17.1. The molecule has 0 heterocycles. The third-order valence-corrected chi connectivity index (χ3v) is 3.24. The Bertz CT molecular complexity index is 208. The van der Waals surface area contributed by atoms with Crippen molar-refractivity contribution in [1.29, 1.82) is 0 Å². The summed E-state index contributed by atoms with van der Waals surface area (Å²) in [6.45, 7) is 2.22. The summed E-state index contributed by atoms with van der Waals surface area (Å²) in [7, 11) is 3.57. The summed E-state index contributed by atoms with van der Waals surface area (Å²) in [5.74, 6) is 0.209. The first-order valence-corrected chi connectivity index (χ1v) is 5.67. The quantitative estimate of drug-likeness (QED) is 0.662. The van der Waals surface area contributed by atoms with E-state index in [4.69, 9.17) is 4.74 Å². The fourth-order valence-corrected chi connectivity index (χ4v) is 1.98. The second-order valence-corrected chi connectivity index (χ2v) is 4.24. The molecule has 4 nitrogen and oxygen atoms in total. The molecule has 0 atom stereocenters. The molecule has 5 heteroatoms. The maximum absolute atomic E-state index is 11.9. The molecule has 1 rings (SSSR count). The molecule has 1 amide bonds. The van der Waals surface area contributed by atoms with Crippen LogP contribution >= 0.6 is 12.4 Å². The van der Waals surface area contributed by atoms with Crippen molar-refractivity contribution in [3.05, 3.63) is 0 Å². The Morgan fingerprint density at radius 1 is 1.38 bits per heavy atom. The number of nitrogens with one attached hydrogen (secondary N) is 2. The number of carbonyl (C=O) groups excluding carboxylic acids is 1. The third kappa shape index (κ3) is 3.92. The van der Waals surface area contributed by atoms with Gasteiger partial charge in [-0.25, -0.2) is 0 Å². The molecule has 1 aliphatic rings. The Morgan fingerprint density at radius 2 is 2.06 bits per heavy atom. The average Bonchev–Trinajstić information content (AvgIpc) is 2.17. The van der Waals surface area contributed by atoms with E-state index in [2.05, 4.69) is 10.6 Å². The number of amides is 1. The highest BCUT2D eigenvalue weighted by molar-refractivity contribution is 5.85. The Morgan fingerprint density at radius 3 is 2.50 bits per heavy atom. The van der Waals surface area contributed by atoms with Gasteiger partial charge in [0.05, 0.1) is 5.41 Å². The minimum absolute atomic E-state index is 0. The van der Waals surface area contributed by atoms with Gasteiger partial charge >= 0.3 is 0 Å². The van der Waals surface area contributed by atoms with Crippen LogP contribution in [0.1, 0.15) is 25.7 Å². The standard InChI is InChI=1S/C11H22N2O2.ClH/c1-12-7-8-13-10(14)11(4-3-5-11)6-9-15-2;/h12H,3-9H2,1-2H3,(H,13,14);1H. The van der Waals surface area contributed by atoms with E-state index in [0.717, 1.165) is 25.8 Å². The van der Waals surface area contributed by atoms with E-state index in [1.807, 2.05) is 7.05 Å².